The first kappa shape index (κ1) is 16.3. The molecule has 0 aromatic heterocycles. The molecular weight excluding hydrogens is 266 g/mol. The van der Waals surface area contributed by atoms with Gasteiger partial charge in [-0.2, -0.15) is 0 Å². The van der Waals surface area contributed by atoms with Crippen LogP contribution in [0.1, 0.15) is 71.1 Å². The van der Waals surface area contributed by atoms with E-state index in [1.165, 1.54) is 32.1 Å². The Kier molecular flexibility index (Phi) is 6.52. The van der Waals surface area contributed by atoms with Gasteiger partial charge in [-0.3, -0.25) is 4.79 Å². The summed E-state index contributed by atoms with van der Waals surface area (Å²) in [6, 6.07) is -0.336. The average molecular weight is 295 g/mol. The van der Waals surface area contributed by atoms with Crippen LogP contribution in [0.4, 0.5) is 0 Å². The normalized spacial score (nSPS) is 23.9. The van der Waals surface area contributed by atoms with Crippen molar-refractivity contribution in [1.82, 2.24) is 4.90 Å². The minimum absolute atomic E-state index is 0.151. The molecule has 21 heavy (non-hydrogen) atoms. The van der Waals surface area contributed by atoms with Gasteiger partial charge in [0.2, 0.25) is 5.91 Å². The molecule has 0 bridgehead atoms. The molecule has 1 unspecified atom stereocenters. The lowest BCUT2D eigenvalue weighted by Crippen LogP contribution is -2.48. The van der Waals surface area contributed by atoms with Crippen molar-refractivity contribution < 1.29 is 14.3 Å². The minimum atomic E-state index is -0.336. The van der Waals surface area contributed by atoms with Crippen LogP contribution in [0, 0.1) is 5.92 Å². The lowest BCUT2D eigenvalue weighted by molar-refractivity contribution is -0.156. The van der Waals surface area contributed by atoms with E-state index >= 15 is 0 Å². The predicted octanol–water partition coefficient (Wildman–Crippen LogP) is 3.29. The molecule has 2 fully saturated rings. The summed E-state index contributed by atoms with van der Waals surface area (Å²) in [4.78, 5) is 26.3. The van der Waals surface area contributed by atoms with Gasteiger partial charge in [0.15, 0.2) is 0 Å². The Hall–Kier alpha value is -1.06. The van der Waals surface area contributed by atoms with Crippen molar-refractivity contribution in [3.8, 4) is 0 Å². The van der Waals surface area contributed by atoms with Gasteiger partial charge in [-0.05, 0) is 38.5 Å². The van der Waals surface area contributed by atoms with Crippen LogP contribution < -0.4 is 0 Å². The van der Waals surface area contributed by atoms with Gasteiger partial charge in [-0.15, -0.1) is 0 Å². The van der Waals surface area contributed by atoms with Crippen molar-refractivity contribution in [2.24, 2.45) is 5.92 Å². The van der Waals surface area contributed by atoms with E-state index in [1.807, 2.05) is 6.92 Å². The Balaban J connectivity index is 1.84. The van der Waals surface area contributed by atoms with Crippen LogP contribution in [0.3, 0.4) is 0 Å². The molecule has 0 aromatic rings. The van der Waals surface area contributed by atoms with Crippen LogP contribution in [-0.4, -0.2) is 36.0 Å². The van der Waals surface area contributed by atoms with Crippen LogP contribution in [0.25, 0.3) is 0 Å². The molecule has 4 heteroatoms. The summed E-state index contributed by atoms with van der Waals surface area (Å²) in [5.41, 5.74) is 0. The lowest BCUT2D eigenvalue weighted by Gasteiger charge is -2.34. The van der Waals surface area contributed by atoms with Gasteiger partial charge >= 0.3 is 5.97 Å². The Morgan fingerprint density at radius 3 is 2.48 bits per heavy atom. The first-order valence-corrected chi connectivity index (χ1v) is 8.68. The Bertz CT molecular complexity index is 350. The molecule has 120 valence electrons. The predicted molar refractivity (Wildman–Crippen MR) is 81.8 cm³/mol. The molecule has 0 radical (unpaired) electrons. The van der Waals surface area contributed by atoms with E-state index in [0.717, 1.165) is 25.7 Å². The molecular formula is C17H29NO3. The van der Waals surface area contributed by atoms with E-state index in [9.17, 15) is 9.59 Å². The molecule has 1 atom stereocenters. The molecule has 0 aromatic carbocycles. The van der Waals surface area contributed by atoms with E-state index in [4.69, 9.17) is 4.74 Å². The highest BCUT2D eigenvalue weighted by Gasteiger charge is 2.33. The number of piperidine rings is 1. The number of hydrogen-bond donors (Lipinski definition) is 0. The van der Waals surface area contributed by atoms with Crippen molar-refractivity contribution in [3.05, 3.63) is 0 Å². The summed E-state index contributed by atoms with van der Waals surface area (Å²) in [5, 5.41) is 0. The summed E-state index contributed by atoms with van der Waals surface area (Å²) >= 11 is 0. The number of hydrogen-bond acceptors (Lipinski definition) is 3. The highest BCUT2D eigenvalue weighted by molar-refractivity contribution is 5.84. The van der Waals surface area contributed by atoms with Crippen LogP contribution in [0.2, 0.25) is 0 Å². The molecule has 1 saturated heterocycles. The molecule has 2 aliphatic rings. The Labute approximate surface area is 128 Å². The van der Waals surface area contributed by atoms with E-state index < -0.39 is 0 Å². The van der Waals surface area contributed by atoms with Gasteiger partial charge in [-0.25, -0.2) is 4.79 Å². The second-order valence-corrected chi connectivity index (χ2v) is 6.39. The van der Waals surface area contributed by atoms with E-state index in [2.05, 4.69) is 0 Å². The number of amides is 1. The largest absolute Gasteiger partial charge is 0.464 e. The molecule has 1 heterocycles. The zero-order valence-corrected chi connectivity index (χ0v) is 13.3. The van der Waals surface area contributed by atoms with Crippen LogP contribution in [-0.2, 0) is 14.3 Å². The number of ether oxygens (including phenoxy) is 1. The van der Waals surface area contributed by atoms with Gasteiger partial charge < -0.3 is 9.64 Å². The molecule has 0 spiro atoms. The number of esters is 1. The number of carbonyl (C=O) groups excluding carboxylic acids is 2. The Morgan fingerprint density at radius 1 is 1.05 bits per heavy atom. The maximum atomic E-state index is 12.5. The second kappa shape index (κ2) is 8.40. The van der Waals surface area contributed by atoms with Crippen molar-refractivity contribution >= 4 is 11.9 Å². The average Bonchev–Trinajstić information content (AvgIpc) is 2.54. The third-order valence-electron chi connectivity index (χ3n) is 4.87. The zero-order valence-electron chi connectivity index (χ0n) is 13.3. The SMILES string of the molecule is CCOC(=O)C1CCCCN1C(=O)CCC1CCCCC1. The van der Waals surface area contributed by atoms with Crippen LogP contribution in [0.15, 0.2) is 0 Å². The van der Waals surface area contributed by atoms with Crippen molar-refractivity contribution in [3.63, 3.8) is 0 Å². The third-order valence-corrected chi connectivity index (χ3v) is 4.87. The maximum absolute atomic E-state index is 12.5. The van der Waals surface area contributed by atoms with Crippen molar-refractivity contribution in [1.29, 1.82) is 0 Å². The van der Waals surface area contributed by atoms with Crippen molar-refractivity contribution in [2.45, 2.75) is 77.2 Å². The highest BCUT2D eigenvalue weighted by Crippen LogP contribution is 2.28. The standard InChI is InChI=1S/C17H29NO3/c1-2-21-17(20)15-10-6-7-13-18(15)16(19)12-11-14-8-4-3-5-9-14/h14-15H,2-13H2,1H3. The van der Waals surface area contributed by atoms with Crippen LogP contribution in [0.5, 0.6) is 0 Å². The molecule has 1 aliphatic heterocycles. The number of likely N-dealkylation sites (tertiary alicyclic amines) is 1. The maximum Gasteiger partial charge on any atom is 0.328 e. The zero-order chi connectivity index (χ0) is 15.1. The highest BCUT2D eigenvalue weighted by atomic mass is 16.5. The summed E-state index contributed by atoms with van der Waals surface area (Å²) in [6.07, 6.45) is 10.9. The number of rotatable bonds is 5. The number of carbonyl (C=O) groups is 2. The third kappa shape index (κ3) is 4.72. The van der Waals surface area contributed by atoms with Gasteiger partial charge in [-0.1, -0.05) is 32.1 Å². The first-order valence-electron chi connectivity index (χ1n) is 8.68. The molecule has 1 saturated carbocycles. The summed E-state index contributed by atoms with van der Waals surface area (Å²) in [6.45, 7) is 2.92. The quantitative estimate of drug-likeness (QED) is 0.731. The first-order chi connectivity index (χ1) is 10.2. The van der Waals surface area contributed by atoms with Gasteiger partial charge in [0.25, 0.3) is 0 Å². The van der Waals surface area contributed by atoms with E-state index in [1.54, 1.807) is 4.90 Å². The summed E-state index contributed by atoms with van der Waals surface area (Å²) in [5.74, 6) is 0.648. The monoisotopic (exact) mass is 295 g/mol. The fourth-order valence-electron chi connectivity index (χ4n) is 3.66. The van der Waals surface area contributed by atoms with E-state index in [-0.39, 0.29) is 17.9 Å². The summed E-state index contributed by atoms with van der Waals surface area (Å²) < 4.78 is 5.12. The minimum Gasteiger partial charge on any atom is -0.464 e. The lowest BCUT2D eigenvalue weighted by atomic mass is 9.86. The van der Waals surface area contributed by atoms with Gasteiger partial charge in [0.05, 0.1) is 6.61 Å². The molecule has 0 N–H and O–H groups in total. The van der Waals surface area contributed by atoms with E-state index in [0.29, 0.717) is 25.5 Å². The van der Waals surface area contributed by atoms with Gasteiger partial charge in [0.1, 0.15) is 6.04 Å². The molecule has 1 amide bonds. The summed E-state index contributed by atoms with van der Waals surface area (Å²) in [7, 11) is 0. The number of nitrogens with zero attached hydrogens (tertiary/aromatic N) is 1. The molecule has 2 rings (SSSR count). The second-order valence-electron chi connectivity index (χ2n) is 6.39. The topological polar surface area (TPSA) is 46.6 Å². The smallest absolute Gasteiger partial charge is 0.328 e. The Morgan fingerprint density at radius 2 is 1.76 bits per heavy atom. The van der Waals surface area contributed by atoms with Crippen molar-refractivity contribution in [2.75, 3.05) is 13.2 Å². The molecule has 4 nitrogen and oxygen atoms in total. The fraction of sp³-hybridized carbons (Fsp3) is 0.882. The van der Waals surface area contributed by atoms with Gasteiger partial charge in [0, 0.05) is 13.0 Å². The fourth-order valence-corrected chi connectivity index (χ4v) is 3.66. The molecule has 1 aliphatic carbocycles. The van der Waals surface area contributed by atoms with Crippen LogP contribution >= 0.6 is 0 Å².